The molecule has 0 unspecified atom stereocenters. The van der Waals surface area contributed by atoms with Crippen LogP contribution in [0.3, 0.4) is 0 Å². The van der Waals surface area contributed by atoms with Crippen LogP contribution in [0.4, 0.5) is 0 Å². The molecule has 0 aliphatic carbocycles. The molecule has 0 aliphatic rings. The maximum absolute atomic E-state index is 3.64. The van der Waals surface area contributed by atoms with E-state index in [1.807, 2.05) is 26.8 Å². The fraction of sp³-hybridized carbons (Fsp3) is 0.333. The maximum atomic E-state index is 3.64. The lowest BCUT2D eigenvalue weighted by molar-refractivity contribution is 1.50. The minimum Gasteiger partial charge on any atom is -0.0988 e. The Morgan fingerprint density at radius 1 is 1.40 bits per heavy atom. The predicted octanol–water partition coefficient (Wildman–Crippen LogP) is 4.05. The molecule has 0 heterocycles. The average molecular weight is 203 g/mol. The van der Waals surface area contributed by atoms with Gasteiger partial charge >= 0.3 is 0 Å². The minimum absolute atomic E-state index is 0.884. The molecule has 0 rings (SSSR count). The van der Waals surface area contributed by atoms with Gasteiger partial charge in [0.05, 0.1) is 0 Å². The van der Waals surface area contributed by atoms with Crippen molar-refractivity contribution in [2.75, 3.05) is 0 Å². The first-order valence-electron chi connectivity index (χ1n) is 3.32. The van der Waals surface area contributed by atoms with Gasteiger partial charge in [-0.3, -0.25) is 0 Å². The van der Waals surface area contributed by atoms with Crippen LogP contribution in [0.2, 0.25) is 0 Å². The molecule has 0 fully saturated rings. The molecule has 1 heteroatoms. The van der Waals surface area contributed by atoms with E-state index in [4.69, 9.17) is 0 Å². The summed E-state index contributed by atoms with van der Waals surface area (Å²) >= 11 is 3.20. The van der Waals surface area contributed by atoms with Crippen molar-refractivity contribution in [1.82, 2.24) is 0 Å². The van der Waals surface area contributed by atoms with Gasteiger partial charge in [0, 0.05) is 4.48 Å². The van der Waals surface area contributed by atoms with Gasteiger partial charge in [0.2, 0.25) is 0 Å². The fourth-order valence-corrected chi connectivity index (χ4v) is 0.667. The first-order chi connectivity index (χ1) is 4.66. The van der Waals surface area contributed by atoms with Crippen LogP contribution in [0, 0.1) is 0 Å². The molecule has 0 atom stereocenters. The number of allylic oxidation sites excluding steroid dienone is 4. The highest BCUT2D eigenvalue weighted by molar-refractivity contribution is 9.11. The summed E-state index contributed by atoms with van der Waals surface area (Å²) in [5.41, 5.74) is 1.12. The maximum Gasteiger partial charge on any atom is 0.0106 e. The van der Waals surface area contributed by atoms with E-state index in [9.17, 15) is 0 Å². The molecule has 0 aromatic carbocycles. The summed E-state index contributed by atoms with van der Waals surface area (Å²) in [4.78, 5) is 0. The van der Waals surface area contributed by atoms with Crippen molar-refractivity contribution in [2.45, 2.75) is 20.8 Å². The highest BCUT2D eigenvalue weighted by Gasteiger charge is 1.78. The Hall–Kier alpha value is -0.300. The molecule has 0 spiro atoms. The average Bonchev–Trinajstić information content (AvgIpc) is 1.91. The molecular formula is C9H15Br. The summed E-state index contributed by atoms with van der Waals surface area (Å²) in [5, 5.41) is 0. The predicted molar refractivity (Wildman–Crippen MR) is 53.4 cm³/mol. The summed E-state index contributed by atoms with van der Waals surface area (Å²) in [6.07, 6.45) is 3.69. The van der Waals surface area contributed by atoms with Crippen molar-refractivity contribution in [2.24, 2.45) is 0 Å². The third kappa shape index (κ3) is 10.6. The topological polar surface area (TPSA) is 0 Å². The fourth-order valence-electron chi connectivity index (χ4n) is 0.306. The molecule has 0 aromatic rings. The van der Waals surface area contributed by atoms with E-state index in [1.165, 1.54) is 0 Å². The van der Waals surface area contributed by atoms with Crippen LogP contribution in [-0.2, 0) is 0 Å². The van der Waals surface area contributed by atoms with E-state index in [0.29, 0.717) is 0 Å². The van der Waals surface area contributed by atoms with Gasteiger partial charge in [-0.05, 0) is 13.0 Å². The second-order valence-electron chi connectivity index (χ2n) is 1.54. The summed E-state index contributed by atoms with van der Waals surface area (Å²) in [5.74, 6) is 0. The summed E-state index contributed by atoms with van der Waals surface area (Å²) < 4.78 is 0.884. The van der Waals surface area contributed by atoms with Crippen molar-refractivity contribution in [3.63, 3.8) is 0 Å². The molecule has 10 heavy (non-hydrogen) atoms. The lowest BCUT2D eigenvalue weighted by Gasteiger charge is -1.86. The number of hydrogen-bond acceptors (Lipinski definition) is 0. The zero-order valence-electron chi connectivity index (χ0n) is 6.95. The Balaban J connectivity index is 0. The van der Waals surface area contributed by atoms with Gasteiger partial charge in [0.25, 0.3) is 0 Å². The van der Waals surface area contributed by atoms with Crippen LogP contribution >= 0.6 is 15.9 Å². The molecule has 0 aliphatic heterocycles. The smallest absolute Gasteiger partial charge is 0.0106 e. The molecule has 0 radical (unpaired) electrons. The largest absolute Gasteiger partial charge is 0.0988 e. The Kier molecular flexibility index (Phi) is 10.8. The number of hydrogen-bond donors (Lipinski definition) is 0. The summed E-state index contributed by atoms with van der Waals surface area (Å²) in [6.45, 7) is 13.2. The molecule has 0 amide bonds. The summed E-state index contributed by atoms with van der Waals surface area (Å²) in [7, 11) is 0. The standard InChI is InChI=1S/C7H9Br.C2H6/c1-4-6(2)5-7(3)8;1-2/h4-5H,1,3H2,2H3;1-2H3/b6-5-;. The molecule has 0 aromatic heterocycles. The molecule has 0 saturated carbocycles. The van der Waals surface area contributed by atoms with Gasteiger partial charge in [-0.1, -0.05) is 54.6 Å². The van der Waals surface area contributed by atoms with Crippen molar-refractivity contribution in [3.05, 3.63) is 35.4 Å². The quantitative estimate of drug-likeness (QED) is 0.594. The SMILES string of the molecule is C=C/C(C)=C\C(=C)Br.CC. The van der Waals surface area contributed by atoms with Crippen LogP contribution in [0.15, 0.2) is 35.4 Å². The van der Waals surface area contributed by atoms with Gasteiger partial charge in [-0.2, -0.15) is 0 Å². The van der Waals surface area contributed by atoms with E-state index in [0.717, 1.165) is 10.1 Å². The van der Waals surface area contributed by atoms with Gasteiger partial charge < -0.3 is 0 Å². The highest BCUT2D eigenvalue weighted by Crippen LogP contribution is 2.06. The molecule has 58 valence electrons. The van der Waals surface area contributed by atoms with Crippen LogP contribution in [0.25, 0.3) is 0 Å². The molecular weight excluding hydrogens is 188 g/mol. The Morgan fingerprint density at radius 3 is 1.90 bits per heavy atom. The van der Waals surface area contributed by atoms with Gasteiger partial charge in [0.1, 0.15) is 0 Å². The van der Waals surface area contributed by atoms with Crippen LogP contribution in [-0.4, -0.2) is 0 Å². The number of halogens is 1. The molecule has 0 nitrogen and oxygen atoms in total. The van der Waals surface area contributed by atoms with Gasteiger partial charge in [-0.25, -0.2) is 0 Å². The summed E-state index contributed by atoms with van der Waals surface area (Å²) in [6, 6.07) is 0. The van der Waals surface area contributed by atoms with E-state index >= 15 is 0 Å². The Morgan fingerprint density at radius 2 is 1.80 bits per heavy atom. The number of rotatable bonds is 2. The van der Waals surface area contributed by atoms with E-state index in [1.54, 1.807) is 6.08 Å². The third-order valence-electron chi connectivity index (χ3n) is 0.706. The second kappa shape index (κ2) is 8.70. The normalized spacial score (nSPS) is 9.40. The zero-order valence-corrected chi connectivity index (χ0v) is 8.53. The van der Waals surface area contributed by atoms with Crippen LogP contribution < -0.4 is 0 Å². The van der Waals surface area contributed by atoms with Crippen molar-refractivity contribution >= 4 is 15.9 Å². The van der Waals surface area contributed by atoms with E-state index < -0.39 is 0 Å². The highest BCUT2D eigenvalue weighted by atomic mass is 79.9. The Labute approximate surface area is 72.5 Å². The molecule has 0 bridgehead atoms. The molecule has 0 N–H and O–H groups in total. The van der Waals surface area contributed by atoms with E-state index in [-0.39, 0.29) is 0 Å². The monoisotopic (exact) mass is 202 g/mol. The van der Waals surface area contributed by atoms with E-state index in [2.05, 4.69) is 29.1 Å². The first-order valence-corrected chi connectivity index (χ1v) is 4.11. The van der Waals surface area contributed by atoms with Gasteiger partial charge in [0.15, 0.2) is 0 Å². The molecule has 0 saturated heterocycles. The zero-order chi connectivity index (χ0) is 8.57. The van der Waals surface area contributed by atoms with Gasteiger partial charge in [-0.15, -0.1) is 0 Å². The lowest BCUT2D eigenvalue weighted by Crippen LogP contribution is -1.63. The second-order valence-corrected chi connectivity index (χ2v) is 2.56. The minimum atomic E-state index is 0.884. The van der Waals surface area contributed by atoms with Crippen molar-refractivity contribution in [1.29, 1.82) is 0 Å². The van der Waals surface area contributed by atoms with Crippen molar-refractivity contribution in [3.8, 4) is 0 Å². The lowest BCUT2D eigenvalue weighted by atomic mass is 10.3. The third-order valence-corrected chi connectivity index (χ3v) is 0.935. The van der Waals surface area contributed by atoms with Crippen LogP contribution in [0.1, 0.15) is 20.8 Å². The van der Waals surface area contributed by atoms with Crippen molar-refractivity contribution < 1.29 is 0 Å². The van der Waals surface area contributed by atoms with Crippen LogP contribution in [0.5, 0.6) is 0 Å². The Bertz CT molecular complexity index is 132. The first kappa shape index (κ1) is 12.4.